The quantitative estimate of drug-likeness (QED) is 0.388. The summed E-state index contributed by atoms with van der Waals surface area (Å²) in [6, 6.07) is 0. The van der Waals surface area contributed by atoms with Crippen molar-refractivity contribution in [3.63, 3.8) is 0 Å². The van der Waals surface area contributed by atoms with Crippen molar-refractivity contribution in [2.45, 2.75) is 37.0 Å². The molecule has 0 aromatic carbocycles. The summed E-state index contributed by atoms with van der Waals surface area (Å²) in [5.41, 5.74) is 0.155. The Morgan fingerprint density at radius 3 is 2.92 bits per heavy atom. The SMILES string of the molecule is CC1(C)COC(=O)CCC(I)C1. The molecular weight excluding hydrogens is 267 g/mol. The van der Waals surface area contributed by atoms with E-state index in [0.29, 0.717) is 17.0 Å². The molecule has 0 amide bonds. The molecule has 1 aliphatic heterocycles. The lowest BCUT2D eigenvalue weighted by Crippen LogP contribution is -2.28. The average Bonchev–Trinajstić information content (AvgIpc) is 1.95. The number of carbonyl (C=O) groups excluding carboxylic acids is 1. The van der Waals surface area contributed by atoms with Gasteiger partial charge in [0.1, 0.15) is 0 Å². The summed E-state index contributed by atoms with van der Waals surface area (Å²) in [7, 11) is 0. The molecule has 0 N–H and O–H groups in total. The van der Waals surface area contributed by atoms with Gasteiger partial charge in [-0.25, -0.2) is 0 Å². The van der Waals surface area contributed by atoms with E-state index in [4.69, 9.17) is 4.74 Å². The molecule has 1 rings (SSSR count). The van der Waals surface area contributed by atoms with Crippen LogP contribution in [0.3, 0.4) is 0 Å². The average molecular weight is 282 g/mol. The Morgan fingerprint density at radius 2 is 2.25 bits per heavy atom. The van der Waals surface area contributed by atoms with Gasteiger partial charge in [-0.3, -0.25) is 4.79 Å². The fraction of sp³-hybridized carbons (Fsp3) is 0.889. The van der Waals surface area contributed by atoms with E-state index in [-0.39, 0.29) is 11.4 Å². The molecule has 3 heteroatoms. The maximum atomic E-state index is 11.0. The van der Waals surface area contributed by atoms with Gasteiger partial charge in [-0.05, 0) is 18.3 Å². The first-order valence-corrected chi connectivity index (χ1v) is 5.54. The van der Waals surface area contributed by atoms with E-state index in [1.165, 1.54) is 0 Å². The van der Waals surface area contributed by atoms with Crippen LogP contribution >= 0.6 is 22.6 Å². The molecule has 12 heavy (non-hydrogen) atoms. The van der Waals surface area contributed by atoms with Gasteiger partial charge >= 0.3 is 5.97 Å². The predicted octanol–water partition coefficient (Wildman–Crippen LogP) is 2.54. The van der Waals surface area contributed by atoms with Gasteiger partial charge < -0.3 is 4.74 Å². The highest BCUT2D eigenvalue weighted by molar-refractivity contribution is 14.1. The zero-order valence-electron chi connectivity index (χ0n) is 7.60. The van der Waals surface area contributed by atoms with Crippen LogP contribution in [0.2, 0.25) is 0 Å². The number of rotatable bonds is 0. The molecule has 0 aromatic heterocycles. The van der Waals surface area contributed by atoms with Crippen molar-refractivity contribution in [1.82, 2.24) is 0 Å². The normalized spacial score (nSPS) is 30.2. The van der Waals surface area contributed by atoms with Crippen molar-refractivity contribution in [2.24, 2.45) is 5.41 Å². The lowest BCUT2D eigenvalue weighted by atomic mass is 9.87. The molecule has 0 saturated carbocycles. The number of hydrogen-bond donors (Lipinski definition) is 0. The highest BCUT2D eigenvalue weighted by Gasteiger charge is 2.26. The Bertz CT molecular complexity index is 177. The van der Waals surface area contributed by atoms with Gasteiger partial charge in [0, 0.05) is 10.3 Å². The highest BCUT2D eigenvalue weighted by Crippen LogP contribution is 2.30. The van der Waals surface area contributed by atoms with Crippen molar-refractivity contribution in [3.8, 4) is 0 Å². The van der Waals surface area contributed by atoms with Crippen LogP contribution in [0.15, 0.2) is 0 Å². The topological polar surface area (TPSA) is 26.3 Å². The monoisotopic (exact) mass is 282 g/mol. The third-order valence-corrected chi connectivity index (χ3v) is 3.12. The number of cyclic esters (lactones) is 1. The van der Waals surface area contributed by atoms with Crippen molar-refractivity contribution >= 4 is 28.6 Å². The van der Waals surface area contributed by atoms with Gasteiger partial charge in [-0.15, -0.1) is 0 Å². The van der Waals surface area contributed by atoms with E-state index in [1.54, 1.807) is 0 Å². The van der Waals surface area contributed by atoms with Gasteiger partial charge in [0.2, 0.25) is 0 Å². The molecule has 1 aliphatic rings. The van der Waals surface area contributed by atoms with E-state index >= 15 is 0 Å². The van der Waals surface area contributed by atoms with Crippen LogP contribution in [-0.4, -0.2) is 16.5 Å². The summed E-state index contributed by atoms with van der Waals surface area (Å²) in [6.45, 7) is 4.87. The Hall–Kier alpha value is 0.200. The summed E-state index contributed by atoms with van der Waals surface area (Å²) in [5.74, 6) is -0.0376. The van der Waals surface area contributed by atoms with E-state index in [9.17, 15) is 4.79 Å². The molecule has 1 unspecified atom stereocenters. The number of ether oxygens (including phenoxy) is 1. The summed E-state index contributed by atoms with van der Waals surface area (Å²) in [4.78, 5) is 11.0. The third-order valence-electron chi connectivity index (χ3n) is 2.06. The standard InChI is InChI=1S/C9H15IO2/c1-9(2)5-7(10)3-4-8(11)12-6-9/h7H,3-6H2,1-2H3. The Kier molecular flexibility index (Phi) is 3.37. The van der Waals surface area contributed by atoms with Crippen molar-refractivity contribution in [3.05, 3.63) is 0 Å². The number of carbonyl (C=O) groups is 1. The van der Waals surface area contributed by atoms with Gasteiger partial charge in [0.05, 0.1) is 6.61 Å². The Labute approximate surface area is 87.2 Å². The molecule has 1 heterocycles. The smallest absolute Gasteiger partial charge is 0.305 e. The fourth-order valence-electron chi connectivity index (χ4n) is 1.38. The number of hydrogen-bond acceptors (Lipinski definition) is 2. The maximum Gasteiger partial charge on any atom is 0.305 e. The molecule has 0 bridgehead atoms. The van der Waals surface area contributed by atoms with Gasteiger partial charge in [0.25, 0.3) is 0 Å². The fourth-order valence-corrected chi connectivity index (χ4v) is 2.89. The zero-order chi connectivity index (χ0) is 9.19. The van der Waals surface area contributed by atoms with Crippen LogP contribution in [0.25, 0.3) is 0 Å². The van der Waals surface area contributed by atoms with E-state index in [1.807, 2.05) is 0 Å². The second-order valence-corrected chi connectivity index (χ2v) is 5.93. The molecule has 1 atom stereocenters. The molecule has 0 aromatic rings. The number of alkyl halides is 1. The summed E-state index contributed by atoms with van der Waals surface area (Å²) in [6.07, 6.45) is 2.69. The molecular formula is C9H15IO2. The van der Waals surface area contributed by atoms with Gasteiger partial charge in [-0.2, -0.15) is 0 Å². The molecule has 70 valence electrons. The minimum absolute atomic E-state index is 0.0376. The zero-order valence-corrected chi connectivity index (χ0v) is 9.76. The van der Waals surface area contributed by atoms with Crippen LogP contribution in [-0.2, 0) is 9.53 Å². The third kappa shape index (κ3) is 3.29. The largest absolute Gasteiger partial charge is 0.465 e. The molecule has 2 nitrogen and oxygen atoms in total. The van der Waals surface area contributed by atoms with Crippen LogP contribution in [0, 0.1) is 5.41 Å². The van der Waals surface area contributed by atoms with Crippen LogP contribution in [0.4, 0.5) is 0 Å². The van der Waals surface area contributed by atoms with Crippen molar-refractivity contribution in [2.75, 3.05) is 6.61 Å². The minimum Gasteiger partial charge on any atom is -0.465 e. The predicted molar refractivity (Wildman–Crippen MR) is 56.4 cm³/mol. The highest BCUT2D eigenvalue weighted by atomic mass is 127. The van der Waals surface area contributed by atoms with E-state index in [2.05, 4.69) is 36.4 Å². The molecule has 0 radical (unpaired) electrons. The van der Waals surface area contributed by atoms with Crippen LogP contribution in [0.1, 0.15) is 33.1 Å². The number of esters is 1. The van der Waals surface area contributed by atoms with Gasteiger partial charge in [-0.1, -0.05) is 36.4 Å². The van der Waals surface area contributed by atoms with E-state index in [0.717, 1.165) is 12.8 Å². The molecule has 0 aliphatic carbocycles. The number of halogens is 1. The molecule has 1 saturated heterocycles. The van der Waals surface area contributed by atoms with Gasteiger partial charge in [0.15, 0.2) is 0 Å². The second kappa shape index (κ2) is 3.94. The van der Waals surface area contributed by atoms with E-state index < -0.39 is 0 Å². The minimum atomic E-state index is -0.0376. The lowest BCUT2D eigenvalue weighted by molar-refractivity contribution is -0.147. The first-order chi connectivity index (χ1) is 5.49. The summed E-state index contributed by atoms with van der Waals surface area (Å²) in [5, 5.41) is 0. The lowest BCUT2D eigenvalue weighted by Gasteiger charge is -2.29. The molecule has 1 fully saturated rings. The summed E-state index contributed by atoms with van der Waals surface area (Å²) >= 11 is 2.43. The Morgan fingerprint density at radius 1 is 1.58 bits per heavy atom. The van der Waals surface area contributed by atoms with Crippen molar-refractivity contribution < 1.29 is 9.53 Å². The second-order valence-electron chi connectivity index (χ2n) is 4.16. The maximum absolute atomic E-state index is 11.0. The summed E-state index contributed by atoms with van der Waals surface area (Å²) < 4.78 is 5.72. The first kappa shape index (κ1) is 10.3. The van der Waals surface area contributed by atoms with Crippen LogP contribution < -0.4 is 0 Å². The molecule has 0 spiro atoms. The first-order valence-electron chi connectivity index (χ1n) is 4.29. The van der Waals surface area contributed by atoms with Crippen molar-refractivity contribution in [1.29, 1.82) is 0 Å². The Balaban J connectivity index is 2.55. The van der Waals surface area contributed by atoms with Crippen LogP contribution in [0.5, 0.6) is 0 Å².